The van der Waals surface area contributed by atoms with E-state index < -0.39 is 29.2 Å². The molecule has 3 rings (SSSR count). The number of hydrogen-bond acceptors (Lipinski definition) is 4. The van der Waals surface area contributed by atoms with E-state index in [-0.39, 0.29) is 18.2 Å². The molecule has 2 aromatic heterocycles. The fourth-order valence-corrected chi connectivity index (χ4v) is 3.25. The second-order valence-electron chi connectivity index (χ2n) is 6.83. The standard InChI is InChI=1S/C18H21F3N4O3/c1-24-7-4-15(23-24)22-17(27)14(10-12-5-8-28-9-6-12)25-11-13(18(19,20)21)2-3-16(25)26/h2-4,7,11-12,14H,5-6,8-10H2,1H3,(H,22,23,27)/t14-/m0/s1. The summed E-state index contributed by atoms with van der Waals surface area (Å²) in [5, 5.41) is 6.64. The number of carbonyl (C=O) groups excluding carboxylic acids is 1. The largest absolute Gasteiger partial charge is 0.417 e. The summed E-state index contributed by atoms with van der Waals surface area (Å²) < 4.78 is 47.0. The number of nitrogens with one attached hydrogen (secondary N) is 1. The number of anilines is 1. The molecule has 0 aliphatic carbocycles. The van der Waals surface area contributed by atoms with Crippen LogP contribution in [0.1, 0.15) is 30.9 Å². The van der Waals surface area contributed by atoms with Gasteiger partial charge in [0, 0.05) is 44.8 Å². The summed E-state index contributed by atoms with van der Waals surface area (Å²) in [5.74, 6) is -0.245. The molecule has 0 unspecified atom stereocenters. The highest BCUT2D eigenvalue weighted by molar-refractivity contribution is 5.92. The van der Waals surface area contributed by atoms with Gasteiger partial charge in [0.05, 0.1) is 5.56 Å². The Labute approximate surface area is 159 Å². The van der Waals surface area contributed by atoms with Gasteiger partial charge < -0.3 is 14.6 Å². The fourth-order valence-electron chi connectivity index (χ4n) is 3.25. The first-order valence-electron chi connectivity index (χ1n) is 8.91. The predicted molar refractivity (Wildman–Crippen MR) is 94.7 cm³/mol. The van der Waals surface area contributed by atoms with E-state index in [0.29, 0.717) is 32.3 Å². The molecule has 2 aromatic rings. The lowest BCUT2D eigenvalue weighted by molar-refractivity contribution is -0.138. The second kappa shape index (κ2) is 8.17. The van der Waals surface area contributed by atoms with Crippen molar-refractivity contribution in [1.82, 2.24) is 14.3 Å². The van der Waals surface area contributed by atoms with Crippen LogP contribution in [0.4, 0.5) is 19.0 Å². The van der Waals surface area contributed by atoms with Crippen LogP contribution in [-0.2, 0) is 22.8 Å². The molecular formula is C18H21F3N4O3. The fraction of sp³-hybridized carbons (Fsp3) is 0.500. The van der Waals surface area contributed by atoms with Gasteiger partial charge in [-0.15, -0.1) is 0 Å². The highest BCUT2D eigenvalue weighted by Gasteiger charge is 2.33. The Morgan fingerprint density at radius 3 is 2.64 bits per heavy atom. The summed E-state index contributed by atoms with van der Waals surface area (Å²) in [6, 6.07) is 2.05. The molecule has 152 valence electrons. The monoisotopic (exact) mass is 398 g/mol. The van der Waals surface area contributed by atoms with Crippen LogP contribution in [0.15, 0.2) is 35.4 Å². The first kappa shape index (κ1) is 20.1. The number of alkyl halides is 3. The lowest BCUT2D eigenvalue weighted by atomic mass is 9.92. The molecule has 1 N–H and O–H groups in total. The van der Waals surface area contributed by atoms with Crippen molar-refractivity contribution in [2.45, 2.75) is 31.5 Å². The third kappa shape index (κ3) is 4.80. The minimum absolute atomic E-state index is 0.0645. The number of ether oxygens (including phenoxy) is 1. The Morgan fingerprint density at radius 1 is 1.32 bits per heavy atom. The van der Waals surface area contributed by atoms with Crippen LogP contribution in [0.25, 0.3) is 0 Å². The first-order chi connectivity index (χ1) is 13.2. The van der Waals surface area contributed by atoms with Crippen LogP contribution in [0.3, 0.4) is 0 Å². The zero-order chi connectivity index (χ0) is 20.3. The first-order valence-corrected chi connectivity index (χ1v) is 8.91. The molecule has 0 aromatic carbocycles. The minimum atomic E-state index is -4.61. The molecule has 1 saturated heterocycles. The number of hydrogen-bond donors (Lipinski definition) is 1. The molecule has 1 aliphatic rings. The number of nitrogens with zero attached hydrogens (tertiary/aromatic N) is 3. The van der Waals surface area contributed by atoms with Gasteiger partial charge in [0.2, 0.25) is 5.91 Å². The maximum atomic E-state index is 13.1. The number of pyridine rings is 1. The summed E-state index contributed by atoms with van der Waals surface area (Å²) in [6.07, 6.45) is -0.675. The molecule has 0 spiro atoms. The Morgan fingerprint density at radius 2 is 2.04 bits per heavy atom. The summed E-state index contributed by atoms with van der Waals surface area (Å²) in [7, 11) is 1.67. The van der Waals surface area contributed by atoms with Crippen molar-refractivity contribution in [2.24, 2.45) is 13.0 Å². The van der Waals surface area contributed by atoms with Crippen molar-refractivity contribution in [2.75, 3.05) is 18.5 Å². The average Bonchev–Trinajstić information content (AvgIpc) is 3.05. The number of aromatic nitrogens is 3. The lowest BCUT2D eigenvalue weighted by Gasteiger charge is -2.27. The summed E-state index contributed by atoms with van der Waals surface area (Å²) in [4.78, 5) is 25.2. The van der Waals surface area contributed by atoms with Gasteiger partial charge in [-0.3, -0.25) is 14.3 Å². The molecule has 1 amide bonds. The molecule has 1 fully saturated rings. The molecule has 28 heavy (non-hydrogen) atoms. The summed E-state index contributed by atoms with van der Waals surface area (Å²) in [5.41, 5.74) is -1.64. The zero-order valence-electron chi connectivity index (χ0n) is 15.3. The van der Waals surface area contributed by atoms with Crippen molar-refractivity contribution in [3.8, 4) is 0 Å². The number of carbonyl (C=O) groups is 1. The Hall–Kier alpha value is -2.62. The SMILES string of the molecule is Cn1ccc(NC(=O)[C@H](CC2CCOCC2)n2cc(C(F)(F)F)ccc2=O)n1. The molecule has 1 atom stereocenters. The highest BCUT2D eigenvalue weighted by Crippen LogP contribution is 2.30. The van der Waals surface area contributed by atoms with Crippen LogP contribution < -0.4 is 10.9 Å². The van der Waals surface area contributed by atoms with Crippen molar-refractivity contribution >= 4 is 11.7 Å². The number of halogens is 3. The van der Waals surface area contributed by atoms with E-state index in [9.17, 15) is 22.8 Å². The van der Waals surface area contributed by atoms with Crippen LogP contribution in [0.2, 0.25) is 0 Å². The lowest BCUT2D eigenvalue weighted by Crippen LogP contribution is -2.35. The van der Waals surface area contributed by atoms with E-state index in [1.54, 1.807) is 19.3 Å². The molecule has 0 bridgehead atoms. The third-order valence-corrected chi connectivity index (χ3v) is 4.77. The molecular weight excluding hydrogens is 377 g/mol. The van der Waals surface area contributed by atoms with E-state index in [1.165, 1.54) is 4.68 Å². The normalized spacial score (nSPS) is 16.7. The topological polar surface area (TPSA) is 78.2 Å². The zero-order valence-corrected chi connectivity index (χ0v) is 15.3. The van der Waals surface area contributed by atoms with E-state index in [2.05, 4.69) is 10.4 Å². The summed E-state index contributed by atoms with van der Waals surface area (Å²) >= 11 is 0. The Balaban J connectivity index is 1.93. The molecule has 7 nitrogen and oxygen atoms in total. The van der Waals surface area contributed by atoms with Crippen LogP contribution in [-0.4, -0.2) is 33.5 Å². The maximum Gasteiger partial charge on any atom is 0.417 e. The Kier molecular flexibility index (Phi) is 5.87. The quantitative estimate of drug-likeness (QED) is 0.840. The van der Waals surface area contributed by atoms with Gasteiger partial charge in [0.1, 0.15) is 6.04 Å². The van der Waals surface area contributed by atoms with Crippen LogP contribution in [0.5, 0.6) is 0 Å². The third-order valence-electron chi connectivity index (χ3n) is 4.77. The number of amides is 1. The Bertz CT molecular complexity index is 885. The van der Waals surface area contributed by atoms with Gasteiger partial charge in [-0.1, -0.05) is 0 Å². The van der Waals surface area contributed by atoms with Crippen LogP contribution >= 0.6 is 0 Å². The molecule has 1 aliphatic heterocycles. The molecule has 0 saturated carbocycles. The van der Waals surface area contributed by atoms with Crippen molar-refractivity contribution in [3.05, 3.63) is 46.5 Å². The van der Waals surface area contributed by atoms with E-state index in [0.717, 1.165) is 16.7 Å². The average molecular weight is 398 g/mol. The van der Waals surface area contributed by atoms with Crippen molar-refractivity contribution in [3.63, 3.8) is 0 Å². The van der Waals surface area contributed by atoms with Gasteiger partial charge in [-0.2, -0.15) is 18.3 Å². The second-order valence-corrected chi connectivity index (χ2v) is 6.83. The van der Waals surface area contributed by atoms with Gasteiger partial charge in [-0.25, -0.2) is 0 Å². The van der Waals surface area contributed by atoms with Gasteiger partial charge in [0.15, 0.2) is 5.82 Å². The van der Waals surface area contributed by atoms with Gasteiger partial charge >= 0.3 is 6.18 Å². The van der Waals surface area contributed by atoms with E-state index >= 15 is 0 Å². The minimum Gasteiger partial charge on any atom is -0.381 e. The van der Waals surface area contributed by atoms with Gasteiger partial charge in [0.25, 0.3) is 5.56 Å². The number of aryl methyl sites for hydroxylation is 1. The molecule has 0 radical (unpaired) electrons. The van der Waals surface area contributed by atoms with Gasteiger partial charge in [-0.05, 0) is 31.2 Å². The maximum absolute atomic E-state index is 13.1. The van der Waals surface area contributed by atoms with E-state index in [4.69, 9.17) is 4.74 Å². The van der Waals surface area contributed by atoms with Crippen LogP contribution in [0, 0.1) is 5.92 Å². The molecule has 10 heteroatoms. The highest BCUT2D eigenvalue weighted by atomic mass is 19.4. The van der Waals surface area contributed by atoms with E-state index in [1.807, 2.05) is 0 Å². The smallest absolute Gasteiger partial charge is 0.381 e. The number of rotatable bonds is 5. The van der Waals surface area contributed by atoms with Crippen molar-refractivity contribution in [1.29, 1.82) is 0 Å². The van der Waals surface area contributed by atoms with Crippen molar-refractivity contribution < 1.29 is 22.7 Å². The summed E-state index contributed by atoms with van der Waals surface area (Å²) in [6.45, 7) is 1.05. The predicted octanol–water partition coefficient (Wildman–Crippen LogP) is 2.60. The molecule has 3 heterocycles.